The number of anilines is 2. The van der Waals surface area contributed by atoms with E-state index < -0.39 is 40.7 Å². The number of rotatable bonds is 5. The highest BCUT2D eigenvalue weighted by molar-refractivity contribution is 6.06. The predicted octanol–water partition coefficient (Wildman–Crippen LogP) is 2.15. The molecule has 3 fully saturated rings. The normalized spacial score (nSPS) is 31.9. The number of ether oxygens (including phenoxy) is 2. The number of benzene rings is 1. The van der Waals surface area contributed by atoms with E-state index in [4.69, 9.17) is 9.47 Å². The second-order valence-electron chi connectivity index (χ2n) is 12.6. The predicted molar refractivity (Wildman–Crippen MR) is 143 cm³/mol. The van der Waals surface area contributed by atoms with E-state index in [2.05, 4.69) is 27.4 Å². The summed E-state index contributed by atoms with van der Waals surface area (Å²) < 4.78 is 11.6. The molecule has 4 heterocycles. The molecule has 0 aromatic heterocycles. The molecule has 0 saturated carbocycles. The van der Waals surface area contributed by atoms with Crippen LogP contribution in [-0.2, 0) is 29.3 Å². The Kier molecular flexibility index (Phi) is 6.85. The third-order valence-corrected chi connectivity index (χ3v) is 8.27. The molecule has 39 heavy (non-hydrogen) atoms. The van der Waals surface area contributed by atoms with Gasteiger partial charge in [0.1, 0.15) is 11.8 Å². The zero-order valence-corrected chi connectivity index (χ0v) is 23.2. The van der Waals surface area contributed by atoms with Gasteiger partial charge >= 0.3 is 5.97 Å². The number of carbonyl (C=O) groups excluding carboxylic acids is 3. The van der Waals surface area contributed by atoms with Crippen molar-refractivity contribution in [1.82, 2.24) is 15.8 Å². The second kappa shape index (κ2) is 9.77. The van der Waals surface area contributed by atoms with Crippen LogP contribution in [0.25, 0.3) is 0 Å². The maximum Gasteiger partial charge on any atom is 0.335 e. The molecule has 4 N–H and O–H groups in total. The number of amides is 2. The van der Waals surface area contributed by atoms with Crippen LogP contribution >= 0.6 is 0 Å². The number of esters is 1. The number of hydrazine groups is 1. The molecular formula is C28H38N6O5. The van der Waals surface area contributed by atoms with Crippen molar-refractivity contribution < 1.29 is 23.9 Å². The molecule has 0 aliphatic carbocycles. The van der Waals surface area contributed by atoms with E-state index in [9.17, 15) is 19.6 Å². The number of nitrogens with zero attached hydrogens (tertiary/aromatic N) is 2. The number of fused-ring (bicyclic) bond motifs is 2. The highest BCUT2D eigenvalue weighted by atomic mass is 16.6. The van der Waals surface area contributed by atoms with E-state index in [0.29, 0.717) is 25.8 Å². The van der Waals surface area contributed by atoms with Crippen LogP contribution in [0.3, 0.4) is 0 Å². The summed E-state index contributed by atoms with van der Waals surface area (Å²) in [5.74, 6) is -0.933. The summed E-state index contributed by atoms with van der Waals surface area (Å²) in [5.41, 5.74) is 4.03. The van der Waals surface area contributed by atoms with E-state index in [0.717, 1.165) is 16.9 Å². The van der Waals surface area contributed by atoms with Crippen molar-refractivity contribution in [2.75, 3.05) is 23.8 Å². The summed E-state index contributed by atoms with van der Waals surface area (Å²) in [6.07, 6.45) is 0.699. The average molecular weight is 539 g/mol. The number of nitrogens with one attached hydrogen (secondary N) is 4. The van der Waals surface area contributed by atoms with Crippen LogP contribution in [0.4, 0.5) is 11.4 Å². The molecule has 2 amide bonds. The van der Waals surface area contributed by atoms with E-state index >= 15 is 0 Å². The summed E-state index contributed by atoms with van der Waals surface area (Å²) in [7, 11) is 0. The fourth-order valence-electron chi connectivity index (χ4n) is 6.20. The lowest BCUT2D eigenvalue weighted by atomic mass is 9.83. The van der Waals surface area contributed by atoms with Crippen molar-refractivity contribution in [2.24, 2.45) is 5.92 Å². The fourth-order valence-corrected chi connectivity index (χ4v) is 6.20. The van der Waals surface area contributed by atoms with Crippen molar-refractivity contribution in [3.05, 3.63) is 23.8 Å². The number of nitriles is 1. The molecule has 3 unspecified atom stereocenters. The number of carbonyl (C=O) groups is 3. The van der Waals surface area contributed by atoms with Gasteiger partial charge in [0.15, 0.2) is 6.10 Å². The number of hydrogen-bond donors (Lipinski definition) is 4. The SMILES string of the molecule is CC(C)(C)OC(=O)[C@@H]1CC[C@@](CC#N)(N2NC(Nc3ccc4c(c3)NC(=O)C4(C)C)C3C(=O)NCCC32)CO1. The first kappa shape index (κ1) is 27.4. The largest absolute Gasteiger partial charge is 0.458 e. The zero-order chi connectivity index (χ0) is 28.2. The Morgan fingerprint density at radius 3 is 2.72 bits per heavy atom. The van der Waals surface area contributed by atoms with Crippen LogP contribution in [0.15, 0.2) is 18.2 Å². The van der Waals surface area contributed by atoms with Crippen molar-refractivity contribution in [3.8, 4) is 6.07 Å². The van der Waals surface area contributed by atoms with Gasteiger partial charge in [0.25, 0.3) is 0 Å². The summed E-state index contributed by atoms with van der Waals surface area (Å²) in [4.78, 5) is 38.2. The van der Waals surface area contributed by atoms with E-state index in [1.54, 1.807) is 0 Å². The molecule has 5 rings (SSSR count). The molecule has 11 heteroatoms. The minimum absolute atomic E-state index is 0.0491. The first-order valence-electron chi connectivity index (χ1n) is 13.6. The van der Waals surface area contributed by atoms with Crippen molar-refractivity contribution in [1.29, 1.82) is 5.26 Å². The monoisotopic (exact) mass is 538 g/mol. The van der Waals surface area contributed by atoms with Crippen LogP contribution in [0.2, 0.25) is 0 Å². The smallest absolute Gasteiger partial charge is 0.335 e. The summed E-state index contributed by atoms with van der Waals surface area (Å²) in [5, 5.41) is 21.2. The van der Waals surface area contributed by atoms with Crippen LogP contribution < -0.4 is 21.4 Å². The van der Waals surface area contributed by atoms with E-state index in [1.165, 1.54) is 0 Å². The Hall–Kier alpha value is -3.20. The van der Waals surface area contributed by atoms with Gasteiger partial charge in [-0.25, -0.2) is 15.2 Å². The Morgan fingerprint density at radius 2 is 2.05 bits per heavy atom. The lowest BCUT2D eigenvalue weighted by molar-refractivity contribution is -0.180. The van der Waals surface area contributed by atoms with Gasteiger partial charge in [-0.1, -0.05) is 6.07 Å². The topological polar surface area (TPSA) is 145 Å². The van der Waals surface area contributed by atoms with Crippen LogP contribution in [0.1, 0.15) is 65.9 Å². The minimum Gasteiger partial charge on any atom is -0.458 e. The second-order valence-corrected chi connectivity index (χ2v) is 12.6. The minimum atomic E-state index is -0.708. The van der Waals surface area contributed by atoms with Gasteiger partial charge in [-0.3, -0.25) is 9.59 Å². The van der Waals surface area contributed by atoms with E-state index in [1.807, 2.05) is 57.8 Å². The molecular weight excluding hydrogens is 500 g/mol. The lowest BCUT2D eigenvalue weighted by Crippen LogP contribution is -2.63. The van der Waals surface area contributed by atoms with Crippen molar-refractivity contribution in [3.63, 3.8) is 0 Å². The zero-order valence-electron chi connectivity index (χ0n) is 23.2. The molecule has 0 spiro atoms. The summed E-state index contributed by atoms with van der Waals surface area (Å²) in [6.45, 7) is 9.94. The molecule has 4 aliphatic heterocycles. The molecule has 3 saturated heterocycles. The first-order valence-corrected chi connectivity index (χ1v) is 13.6. The van der Waals surface area contributed by atoms with Gasteiger partial charge in [-0.15, -0.1) is 0 Å². The maximum atomic E-state index is 13.1. The summed E-state index contributed by atoms with van der Waals surface area (Å²) in [6, 6.07) is 7.89. The number of hydrogen-bond acceptors (Lipinski definition) is 9. The van der Waals surface area contributed by atoms with E-state index in [-0.39, 0.29) is 30.9 Å². The van der Waals surface area contributed by atoms with Crippen LogP contribution in [-0.4, -0.2) is 65.4 Å². The maximum absolute atomic E-state index is 13.1. The van der Waals surface area contributed by atoms with Crippen LogP contribution in [0, 0.1) is 17.2 Å². The molecule has 1 aromatic carbocycles. The molecule has 5 atom stereocenters. The standard InChI is InChI=1S/C28H38N6O5/c1-26(2,3)39-24(36)20-8-10-28(11-12-29,15-38-20)34-19-9-13-30-23(35)21(19)22(33-34)31-16-6-7-17-18(14-16)32-25(37)27(17,4)5/h6-7,14,19-22,31,33H,8-11,13,15H2,1-5H3,(H,30,35)(H,32,37)/t19?,20-,21?,22?,28-/m0/s1. The highest BCUT2D eigenvalue weighted by Crippen LogP contribution is 2.42. The fraction of sp³-hybridized carbons (Fsp3) is 0.643. The summed E-state index contributed by atoms with van der Waals surface area (Å²) >= 11 is 0. The quantitative estimate of drug-likeness (QED) is 0.414. The molecule has 0 bridgehead atoms. The molecule has 0 radical (unpaired) electrons. The molecule has 1 aromatic rings. The van der Waals surface area contributed by atoms with Gasteiger partial charge < -0.3 is 25.4 Å². The first-order chi connectivity index (χ1) is 18.3. The number of piperidine rings is 1. The van der Waals surface area contributed by atoms with Crippen LogP contribution in [0.5, 0.6) is 0 Å². The Bertz CT molecular complexity index is 1210. The van der Waals surface area contributed by atoms with Crippen molar-refractivity contribution >= 4 is 29.2 Å². The van der Waals surface area contributed by atoms with Gasteiger partial charge in [0.05, 0.1) is 36.0 Å². The Morgan fingerprint density at radius 1 is 1.28 bits per heavy atom. The van der Waals surface area contributed by atoms with Gasteiger partial charge in [0, 0.05) is 24.0 Å². The third-order valence-electron chi connectivity index (χ3n) is 8.27. The van der Waals surface area contributed by atoms with Gasteiger partial charge in [-0.2, -0.15) is 5.26 Å². The highest BCUT2D eigenvalue weighted by Gasteiger charge is 2.56. The molecule has 210 valence electrons. The molecule has 4 aliphatic rings. The Labute approximate surface area is 228 Å². The molecule has 11 nitrogen and oxygen atoms in total. The third kappa shape index (κ3) is 4.97. The average Bonchev–Trinajstić information content (AvgIpc) is 3.33. The van der Waals surface area contributed by atoms with Crippen molar-refractivity contribution in [2.45, 2.75) is 95.2 Å². The van der Waals surface area contributed by atoms with Gasteiger partial charge in [0.2, 0.25) is 11.8 Å². The lowest BCUT2D eigenvalue weighted by Gasteiger charge is -2.47. The Balaban J connectivity index is 1.37. The van der Waals surface area contributed by atoms with Gasteiger partial charge in [-0.05, 0) is 71.6 Å².